The first-order valence-electron chi connectivity index (χ1n) is 7.44. The smallest absolute Gasteiger partial charge is 0.123 e. The van der Waals surface area contributed by atoms with Crippen LogP contribution in [0.4, 0.5) is 0 Å². The van der Waals surface area contributed by atoms with Crippen molar-refractivity contribution in [3.8, 4) is 0 Å². The monoisotopic (exact) mass is 280 g/mol. The highest BCUT2D eigenvalue weighted by atomic mass is 15.0. The molecule has 4 heteroatoms. The van der Waals surface area contributed by atoms with Crippen LogP contribution in [-0.4, -0.2) is 21.5 Å². The zero-order chi connectivity index (χ0) is 14.5. The van der Waals surface area contributed by atoms with Crippen LogP contribution in [0.3, 0.4) is 0 Å². The topological polar surface area (TPSA) is 53.6 Å². The molecule has 2 heterocycles. The van der Waals surface area contributed by atoms with Gasteiger partial charge in [-0.05, 0) is 25.1 Å². The fourth-order valence-electron chi connectivity index (χ4n) is 2.48. The van der Waals surface area contributed by atoms with Crippen LogP contribution in [-0.2, 0) is 6.42 Å². The van der Waals surface area contributed by atoms with Gasteiger partial charge in [0, 0.05) is 29.9 Å². The highest BCUT2D eigenvalue weighted by Crippen LogP contribution is 2.17. The molecule has 0 spiro atoms. The molecule has 21 heavy (non-hydrogen) atoms. The Kier molecular flexibility index (Phi) is 4.26. The standard InChI is InChI=1S/C17H20N4/c1-2-9-18-16(17-19-10-11-20-17)12-14-8-7-13-5-3-4-6-15(13)21-14/h3-8,10-11,16,18H,2,9,12H2,1H3,(H,19,20). The number of nitrogens with zero attached hydrogens (tertiary/aromatic N) is 2. The minimum Gasteiger partial charge on any atom is -0.347 e. The summed E-state index contributed by atoms with van der Waals surface area (Å²) in [6.45, 7) is 3.14. The van der Waals surface area contributed by atoms with Crippen LogP contribution in [0.2, 0.25) is 0 Å². The van der Waals surface area contributed by atoms with Gasteiger partial charge in [-0.1, -0.05) is 31.2 Å². The van der Waals surface area contributed by atoms with Crippen molar-refractivity contribution < 1.29 is 0 Å². The summed E-state index contributed by atoms with van der Waals surface area (Å²) in [7, 11) is 0. The molecule has 0 saturated heterocycles. The first-order valence-corrected chi connectivity index (χ1v) is 7.44. The molecule has 108 valence electrons. The Balaban J connectivity index is 1.83. The first kappa shape index (κ1) is 13.8. The Morgan fingerprint density at radius 1 is 1.19 bits per heavy atom. The predicted octanol–water partition coefficient (Wildman–Crippen LogP) is 3.24. The van der Waals surface area contributed by atoms with Crippen molar-refractivity contribution in [2.45, 2.75) is 25.8 Å². The van der Waals surface area contributed by atoms with Crippen LogP contribution in [0.1, 0.15) is 30.9 Å². The first-order chi connectivity index (χ1) is 10.4. The molecule has 0 aliphatic carbocycles. The molecule has 0 saturated carbocycles. The second-order valence-electron chi connectivity index (χ2n) is 5.18. The van der Waals surface area contributed by atoms with Crippen LogP contribution >= 0.6 is 0 Å². The van der Waals surface area contributed by atoms with Gasteiger partial charge in [-0.3, -0.25) is 4.98 Å². The second-order valence-corrected chi connectivity index (χ2v) is 5.18. The Labute approximate surface area is 124 Å². The highest BCUT2D eigenvalue weighted by Gasteiger charge is 2.14. The zero-order valence-electron chi connectivity index (χ0n) is 12.2. The van der Waals surface area contributed by atoms with Crippen LogP contribution in [0.15, 0.2) is 48.8 Å². The molecule has 4 nitrogen and oxygen atoms in total. The van der Waals surface area contributed by atoms with Crippen molar-refractivity contribution in [1.29, 1.82) is 0 Å². The molecule has 0 bridgehead atoms. The number of para-hydroxylation sites is 1. The molecule has 0 radical (unpaired) electrons. The number of nitrogens with one attached hydrogen (secondary N) is 2. The normalized spacial score (nSPS) is 12.6. The van der Waals surface area contributed by atoms with Crippen molar-refractivity contribution in [2.24, 2.45) is 0 Å². The van der Waals surface area contributed by atoms with Crippen molar-refractivity contribution >= 4 is 10.9 Å². The molecule has 1 unspecified atom stereocenters. The predicted molar refractivity (Wildman–Crippen MR) is 85.1 cm³/mol. The van der Waals surface area contributed by atoms with Gasteiger partial charge in [-0.15, -0.1) is 0 Å². The van der Waals surface area contributed by atoms with Gasteiger partial charge in [0.15, 0.2) is 0 Å². The molecule has 0 aliphatic rings. The van der Waals surface area contributed by atoms with Crippen LogP contribution < -0.4 is 5.32 Å². The van der Waals surface area contributed by atoms with E-state index in [1.807, 2.05) is 18.3 Å². The third-order valence-corrected chi connectivity index (χ3v) is 3.56. The Morgan fingerprint density at radius 3 is 2.90 bits per heavy atom. The minimum absolute atomic E-state index is 0.175. The van der Waals surface area contributed by atoms with E-state index in [9.17, 15) is 0 Å². The van der Waals surface area contributed by atoms with E-state index in [1.54, 1.807) is 6.20 Å². The summed E-state index contributed by atoms with van der Waals surface area (Å²) in [4.78, 5) is 12.3. The fourth-order valence-corrected chi connectivity index (χ4v) is 2.48. The number of imidazole rings is 1. The number of aromatic nitrogens is 3. The van der Waals surface area contributed by atoms with E-state index in [-0.39, 0.29) is 6.04 Å². The van der Waals surface area contributed by atoms with Gasteiger partial charge >= 0.3 is 0 Å². The van der Waals surface area contributed by atoms with Gasteiger partial charge in [0.25, 0.3) is 0 Å². The minimum atomic E-state index is 0.175. The third kappa shape index (κ3) is 3.28. The number of benzene rings is 1. The maximum atomic E-state index is 4.75. The number of hydrogen-bond donors (Lipinski definition) is 2. The highest BCUT2D eigenvalue weighted by molar-refractivity contribution is 5.78. The maximum Gasteiger partial charge on any atom is 0.123 e. The molecular formula is C17H20N4. The summed E-state index contributed by atoms with van der Waals surface area (Å²) in [5, 5.41) is 4.71. The summed E-state index contributed by atoms with van der Waals surface area (Å²) < 4.78 is 0. The average molecular weight is 280 g/mol. The van der Waals surface area contributed by atoms with Crippen LogP contribution in [0.25, 0.3) is 10.9 Å². The molecule has 1 atom stereocenters. The van der Waals surface area contributed by atoms with E-state index in [0.717, 1.165) is 36.4 Å². The van der Waals surface area contributed by atoms with Gasteiger partial charge < -0.3 is 10.3 Å². The Morgan fingerprint density at radius 2 is 2.10 bits per heavy atom. The lowest BCUT2D eigenvalue weighted by molar-refractivity contribution is 0.504. The molecule has 1 aromatic carbocycles. The van der Waals surface area contributed by atoms with Gasteiger partial charge in [0.1, 0.15) is 5.82 Å². The van der Waals surface area contributed by atoms with Gasteiger partial charge in [0.05, 0.1) is 11.6 Å². The molecule has 2 N–H and O–H groups in total. The number of hydrogen-bond acceptors (Lipinski definition) is 3. The quantitative estimate of drug-likeness (QED) is 0.729. The summed E-state index contributed by atoms with van der Waals surface area (Å²) in [6.07, 6.45) is 5.59. The van der Waals surface area contributed by atoms with Crippen molar-refractivity contribution in [2.75, 3.05) is 6.54 Å². The van der Waals surface area contributed by atoms with Crippen molar-refractivity contribution in [1.82, 2.24) is 20.3 Å². The number of fused-ring (bicyclic) bond motifs is 1. The average Bonchev–Trinajstić information content (AvgIpc) is 3.05. The van der Waals surface area contributed by atoms with Crippen LogP contribution in [0, 0.1) is 0 Å². The van der Waals surface area contributed by atoms with Gasteiger partial charge in [0.2, 0.25) is 0 Å². The fraction of sp³-hybridized carbons (Fsp3) is 0.294. The van der Waals surface area contributed by atoms with Crippen molar-refractivity contribution in [3.05, 3.63) is 60.3 Å². The molecule has 0 aliphatic heterocycles. The van der Waals surface area contributed by atoms with E-state index < -0.39 is 0 Å². The van der Waals surface area contributed by atoms with E-state index >= 15 is 0 Å². The molecule has 0 amide bonds. The Hall–Kier alpha value is -2.20. The molecule has 0 fully saturated rings. The molecular weight excluding hydrogens is 260 g/mol. The molecule has 3 rings (SSSR count). The number of aromatic amines is 1. The lowest BCUT2D eigenvalue weighted by atomic mass is 10.1. The summed E-state index contributed by atoms with van der Waals surface area (Å²) >= 11 is 0. The number of pyridine rings is 1. The van der Waals surface area contributed by atoms with Gasteiger partial charge in [-0.2, -0.15) is 0 Å². The molecule has 2 aromatic heterocycles. The Bertz CT molecular complexity index is 691. The number of rotatable bonds is 6. The summed E-state index contributed by atoms with van der Waals surface area (Å²) in [5.41, 5.74) is 2.13. The lowest BCUT2D eigenvalue weighted by Crippen LogP contribution is -2.25. The lowest BCUT2D eigenvalue weighted by Gasteiger charge is -2.16. The number of H-pyrrole nitrogens is 1. The third-order valence-electron chi connectivity index (χ3n) is 3.56. The van der Waals surface area contributed by atoms with E-state index in [2.05, 4.69) is 46.5 Å². The SMILES string of the molecule is CCCNC(Cc1ccc2ccccc2n1)c1ncc[nH]1. The second kappa shape index (κ2) is 6.50. The molecule has 3 aromatic rings. The van der Waals surface area contributed by atoms with E-state index in [4.69, 9.17) is 4.98 Å². The largest absolute Gasteiger partial charge is 0.347 e. The summed E-state index contributed by atoms with van der Waals surface area (Å²) in [6, 6.07) is 12.6. The van der Waals surface area contributed by atoms with Gasteiger partial charge in [-0.25, -0.2) is 4.98 Å². The zero-order valence-corrected chi connectivity index (χ0v) is 12.2. The summed E-state index contributed by atoms with van der Waals surface area (Å²) in [5.74, 6) is 0.971. The maximum absolute atomic E-state index is 4.75. The van der Waals surface area contributed by atoms with E-state index in [0.29, 0.717) is 0 Å². The van der Waals surface area contributed by atoms with Crippen molar-refractivity contribution in [3.63, 3.8) is 0 Å². The van der Waals surface area contributed by atoms with E-state index in [1.165, 1.54) is 5.39 Å². The van der Waals surface area contributed by atoms with Crippen LogP contribution in [0.5, 0.6) is 0 Å².